The molecule has 0 saturated carbocycles. The molecule has 0 radical (unpaired) electrons. The van der Waals surface area contributed by atoms with Crippen LogP contribution in [0.2, 0.25) is 0 Å². The number of hydrogen-bond acceptors (Lipinski definition) is 4. The molecule has 0 aliphatic rings. The molecule has 20 heavy (non-hydrogen) atoms. The van der Waals surface area contributed by atoms with Crippen LogP contribution in [-0.4, -0.2) is 37.0 Å². The largest absolute Gasteiger partial charge is 0.374 e. The van der Waals surface area contributed by atoms with Crippen molar-refractivity contribution in [1.82, 2.24) is 5.32 Å². The molecule has 0 fully saturated rings. The fourth-order valence-electron chi connectivity index (χ4n) is 1.31. The molecule has 0 atom stereocenters. The van der Waals surface area contributed by atoms with Gasteiger partial charge in [-0.15, -0.1) is 0 Å². The van der Waals surface area contributed by atoms with E-state index < -0.39 is 23.9 Å². The van der Waals surface area contributed by atoms with Crippen molar-refractivity contribution < 1.29 is 23.2 Å². The highest BCUT2D eigenvalue weighted by Crippen LogP contribution is 2.25. The average molecular weight is 353 g/mol. The monoisotopic (exact) mass is 352 g/mol. The number of hydrogen-bond donors (Lipinski definition) is 1. The highest BCUT2D eigenvalue weighted by atomic mass is 79.9. The van der Waals surface area contributed by atoms with Crippen LogP contribution >= 0.6 is 15.9 Å². The van der Waals surface area contributed by atoms with Gasteiger partial charge >= 0.3 is 0 Å². The predicted octanol–water partition coefficient (Wildman–Crippen LogP) is 2.37. The van der Waals surface area contributed by atoms with Gasteiger partial charge < -0.3 is 10.1 Å². The highest BCUT2D eigenvalue weighted by Gasteiger charge is 2.15. The Bertz CT molecular complexity index is 499. The normalized spacial score (nSPS) is 10.6. The molecule has 0 aromatic heterocycles. The van der Waals surface area contributed by atoms with Crippen molar-refractivity contribution in [2.24, 2.45) is 0 Å². The molecular formula is C11H11BrF2N2O4. The van der Waals surface area contributed by atoms with Crippen LogP contribution in [0.4, 0.5) is 14.5 Å². The summed E-state index contributed by atoms with van der Waals surface area (Å²) in [5.74, 6) is -0.541. The van der Waals surface area contributed by atoms with E-state index in [0.29, 0.717) is 0 Å². The first-order valence-corrected chi connectivity index (χ1v) is 6.29. The number of nitro groups is 1. The molecule has 0 bridgehead atoms. The Labute approximate surface area is 121 Å². The lowest BCUT2D eigenvalue weighted by molar-refractivity contribution is -0.385. The van der Waals surface area contributed by atoms with E-state index in [1.807, 2.05) is 0 Å². The van der Waals surface area contributed by atoms with Crippen LogP contribution in [-0.2, 0) is 4.74 Å². The summed E-state index contributed by atoms with van der Waals surface area (Å²) in [7, 11) is 0. The second-order valence-corrected chi connectivity index (χ2v) is 4.50. The van der Waals surface area contributed by atoms with Crippen molar-refractivity contribution in [2.75, 3.05) is 19.8 Å². The van der Waals surface area contributed by atoms with Crippen LogP contribution in [0.15, 0.2) is 22.7 Å². The van der Waals surface area contributed by atoms with Crippen LogP contribution in [0.5, 0.6) is 0 Å². The number of alkyl halides is 2. The number of nitrogens with zero attached hydrogens (tertiary/aromatic N) is 1. The minimum absolute atomic E-state index is 0.0371. The molecule has 0 spiro atoms. The van der Waals surface area contributed by atoms with Gasteiger partial charge in [0.1, 0.15) is 6.61 Å². The average Bonchev–Trinajstić information content (AvgIpc) is 2.37. The maximum Gasteiger partial charge on any atom is 0.284 e. The van der Waals surface area contributed by atoms with Crippen LogP contribution in [0.3, 0.4) is 0 Å². The maximum absolute atomic E-state index is 11.8. The Morgan fingerprint density at radius 1 is 1.50 bits per heavy atom. The smallest absolute Gasteiger partial charge is 0.284 e. The van der Waals surface area contributed by atoms with Crippen molar-refractivity contribution in [3.63, 3.8) is 0 Å². The van der Waals surface area contributed by atoms with Gasteiger partial charge in [0.25, 0.3) is 18.0 Å². The number of halogens is 3. The summed E-state index contributed by atoms with van der Waals surface area (Å²) >= 11 is 3.00. The summed E-state index contributed by atoms with van der Waals surface area (Å²) in [6.45, 7) is -0.719. The third kappa shape index (κ3) is 5.17. The summed E-state index contributed by atoms with van der Waals surface area (Å²) in [6.07, 6.45) is -2.56. The molecular weight excluding hydrogens is 342 g/mol. The van der Waals surface area contributed by atoms with E-state index in [9.17, 15) is 23.7 Å². The van der Waals surface area contributed by atoms with Crippen LogP contribution < -0.4 is 5.32 Å². The Kier molecular flexibility index (Phi) is 6.46. The molecule has 1 amide bonds. The van der Waals surface area contributed by atoms with Crippen LogP contribution in [0.25, 0.3) is 0 Å². The number of carbonyl (C=O) groups is 1. The topological polar surface area (TPSA) is 81.5 Å². The van der Waals surface area contributed by atoms with E-state index >= 15 is 0 Å². The number of nitrogens with one attached hydrogen (secondary N) is 1. The lowest BCUT2D eigenvalue weighted by Gasteiger charge is -2.06. The quantitative estimate of drug-likeness (QED) is 0.464. The molecule has 1 N–H and O–H groups in total. The van der Waals surface area contributed by atoms with Gasteiger partial charge in [0, 0.05) is 18.2 Å². The van der Waals surface area contributed by atoms with Crippen molar-refractivity contribution in [1.29, 1.82) is 0 Å². The molecule has 0 aliphatic carbocycles. The standard InChI is InChI=1S/C11H11BrF2N2O4/c12-8-2-1-7(5-9(8)16(18)19)11(17)15-3-4-20-6-10(13)14/h1-2,5,10H,3-4,6H2,(H,15,17). The molecule has 1 aromatic carbocycles. The highest BCUT2D eigenvalue weighted by molar-refractivity contribution is 9.10. The number of nitro benzene ring substituents is 1. The van der Waals surface area contributed by atoms with Crippen molar-refractivity contribution in [2.45, 2.75) is 6.43 Å². The Balaban J connectivity index is 2.51. The molecule has 110 valence electrons. The second kappa shape index (κ2) is 7.85. The minimum atomic E-state index is -2.56. The van der Waals surface area contributed by atoms with E-state index in [1.54, 1.807) is 0 Å². The van der Waals surface area contributed by atoms with Gasteiger partial charge in [-0.2, -0.15) is 0 Å². The van der Waals surface area contributed by atoms with Gasteiger partial charge in [-0.25, -0.2) is 8.78 Å². The molecule has 0 heterocycles. The van der Waals surface area contributed by atoms with E-state index in [0.717, 1.165) is 6.07 Å². The molecule has 1 aromatic rings. The lowest BCUT2D eigenvalue weighted by atomic mass is 10.2. The summed E-state index contributed by atoms with van der Waals surface area (Å²) in [5.41, 5.74) is -0.125. The van der Waals surface area contributed by atoms with Gasteiger partial charge in [0.15, 0.2) is 0 Å². The minimum Gasteiger partial charge on any atom is -0.374 e. The zero-order valence-electron chi connectivity index (χ0n) is 10.1. The molecule has 0 unspecified atom stereocenters. The second-order valence-electron chi connectivity index (χ2n) is 3.65. The first kappa shape index (κ1) is 16.4. The van der Waals surface area contributed by atoms with Crippen LogP contribution in [0, 0.1) is 10.1 Å². The summed E-state index contributed by atoms with van der Waals surface area (Å²) in [4.78, 5) is 21.8. The maximum atomic E-state index is 11.8. The van der Waals surface area contributed by atoms with Crippen molar-refractivity contribution >= 4 is 27.5 Å². The van der Waals surface area contributed by atoms with E-state index in [2.05, 4.69) is 26.0 Å². The zero-order valence-corrected chi connectivity index (χ0v) is 11.7. The Morgan fingerprint density at radius 3 is 2.80 bits per heavy atom. The van der Waals surface area contributed by atoms with E-state index in [-0.39, 0.29) is 28.9 Å². The summed E-state index contributed by atoms with van der Waals surface area (Å²) < 4.78 is 28.4. The number of amides is 1. The Hall–Kier alpha value is -1.61. The lowest BCUT2D eigenvalue weighted by Crippen LogP contribution is -2.27. The van der Waals surface area contributed by atoms with Gasteiger partial charge in [0.2, 0.25) is 0 Å². The third-order valence-electron chi connectivity index (χ3n) is 2.18. The number of carbonyl (C=O) groups excluding carboxylic acids is 1. The number of benzene rings is 1. The fraction of sp³-hybridized carbons (Fsp3) is 0.364. The molecule has 6 nitrogen and oxygen atoms in total. The molecule has 0 saturated heterocycles. The molecule has 0 aliphatic heterocycles. The SMILES string of the molecule is O=C(NCCOCC(F)F)c1ccc(Br)c([N+](=O)[O-])c1. The predicted molar refractivity (Wildman–Crippen MR) is 70.0 cm³/mol. The molecule has 1 rings (SSSR count). The number of rotatable bonds is 7. The fourth-order valence-corrected chi connectivity index (χ4v) is 1.70. The van der Waals surface area contributed by atoms with E-state index in [1.165, 1.54) is 12.1 Å². The van der Waals surface area contributed by atoms with Gasteiger partial charge in [-0.3, -0.25) is 14.9 Å². The van der Waals surface area contributed by atoms with E-state index in [4.69, 9.17) is 0 Å². The molecule has 9 heteroatoms. The van der Waals surface area contributed by atoms with Gasteiger partial charge in [-0.05, 0) is 28.1 Å². The summed E-state index contributed by atoms with van der Waals surface area (Å²) in [6, 6.07) is 3.92. The number of ether oxygens (including phenoxy) is 1. The zero-order chi connectivity index (χ0) is 15.1. The first-order valence-electron chi connectivity index (χ1n) is 5.50. The first-order chi connectivity index (χ1) is 9.41. The third-order valence-corrected chi connectivity index (χ3v) is 2.85. The van der Waals surface area contributed by atoms with Crippen molar-refractivity contribution in [3.05, 3.63) is 38.3 Å². The van der Waals surface area contributed by atoms with Crippen molar-refractivity contribution in [3.8, 4) is 0 Å². The van der Waals surface area contributed by atoms with Crippen LogP contribution in [0.1, 0.15) is 10.4 Å². The Morgan fingerprint density at radius 2 is 2.20 bits per heavy atom. The summed E-state index contributed by atoms with van der Waals surface area (Å²) in [5, 5.41) is 13.1. The van der Waals surface area contributed by atoms with Gasteiger partial charge in [0.05, 0.1) is 16.0 Å². The van der Waals surface area contributed by atoms with Gasteiger partial charge in [-0.1, -0.05) is 0 Å².